The van der Waals surface area contributed by atoms with Crippen LogP contribution in [0.3, 0.4) is 0 Å². The van der Waals surface area contributed by atoms with Crippen molar-refractivity contribution in [1.29, 1.82) is 0 Å². The van der Waals surface area contributed by atoms with Gasteiger partial charge in [-0.3, -0.25) is 4.79 Å². The average Bonchev–Trinajstić information content (AvgIpc) is 2.85. The molecule has 0 saturated carbocycles. The van der Waals surface area contributed by atoms with Crippen LogP contribution in [0.15, 0.2) is 5.38 Å². The van der Waals surface area contributed by atoms with Gasteiger partial charge in [0.25, 0.3) is 5.91 Å². The van der Waals surface area contributed by atoms with Crippen molar-refractivity contribution in [3.63, 3.8) is 0 Å². The lowest BCUT2D eigenvalue weighted by Gasteiger charge is -2.19. The summed E-state index contributed by atoms with van der Waals surface area (Å²) in [4.78, 5) is 13.8. The number of amides is 1. The molecule has 82 valence electrons. The SMILES string of the molecule is CC1CC(CN)CN1C(=O)c1csnn1. The van der Waals surface area contributed by atoms with E-state index in [2.05, 4.69) is 9.59 Å². The molecule has 1 fully saturated rings. The lowest BCUT2D eigenvalue weighted by molar-refractivity contribution is 0.0737. The van der Waals surface area contributed by atoms with E-state index in [0.717, 1.165) is 13.0 Å². The van der Waals surface area contributed by atoms with Crippen LogP contribution >= 0.6 is 11.5 Å². The molecule has 2 N–H and O–H groups in total. The molecule has 0 aromatic carbocycles. The number of hydrogen-bond acceptors (Lipinski definition) is 5. The standard InChI is InChI=1S/C9H14N4OS/c1-6-2-7(3-10)4-13(6)9(14)8-5-15-12-11-8/h5-7H,2-4,10H2,1H3. The first-order valence-corrected chi connectivity index (χ1v) is 5.84. The second-order valence-corrected chi connectivity index (χ2v) is 4.54. The lowest BCUT2D eigenvalue weighted by atomic mass is 10.1. The molecule has 1 aromatic heterocycles. The summed E-state index contributed by atoms with van der Waals surface area (Å²) >= 11 is 1.20. The molecule has 0 radical (unpaired) electrons. The molecule has 1 aliphatic heterocycles. The van der Waals surface area contributed by atoms with Gasteiger partial charge in [0.15, 0.2) is 5.69 Å². The summed E-state index contributed by atoms with van der Waals surface area (Å²) in [5.74, 6) is 0.405. The summed E-state index contributed by atoms with van der Waals surface area (Å²) in [6.07, 6.45) is 0.986. The Morgan fingerprint density at radius 3 is 3.13 bits per heavy atom. The zero-order valence-corrected chi connectivity index (χ0v) is 9.41. The van der Waals surface area contributed by atoms with Gasteiger partial charge in [-0.15, -0.1) is 5.10 Å². The molecule has 2 heterocycles. The van der Waals surface area contributed by atoms with Crippen molar-refractivity contribution in [2.24, 2.45) is 11.7 Å². The second kappa shape index (κ2) is 4.24. The minimum Gasteiger partial charge on any atom is -0.334 e. The predicted molar refractivity (Wildman–Crippen MR) is 57.6 cm³/mol. The molecule has 15 heavy (non-hydrogen) atoms. The summed E-state index contributed by atoms with van der Waals surface area (Å²) in [6, 6.07) is 0.257. The smallest absolute Gasteiger partial charge is 0.275 e. The van der Waals surface area contributed by atoms with E-state index in [4.69, 9.17) is 5.73 Å². The zero-order chi connectivity index (χ0) is 10.8. The number of nitrogens with two attached hydrogens (primary N) is 1. The molecule has 0 bridgehead atoms. The molecule has 2 rings (SSSR count). The Kier molecular flexibility index (Phi) is 2.97. The van der Waals surface area contributed by atoms with Crippen LogP contribution in [0.5, 0.6) is 0 Å². The topological polar surface area (TPSA) is 72.1 Å². The molecule has 2 atom stereocenters. The maximum absolute atomic E-state index is 12.0. The molecule has 0 spiro atoms. The number of hydrogen-bond donors (Lipinski definition) is 1. The van der Waals surface area contributed by atoms with Crippen LogP contribution in [0.2, 0.25) is 0 Å². The first kappa shape index (κ1) is 10.5. The summed E-state index contributed by atoms with van der Waals surface area (Å²) in [7, 11) is 0. The summed E-state index contributed by atoms with van der Waals surface area (Å²) in [6.45, 7) is 3.44. The Morgan fingerprint density at radius 1 is 1.80 bits per heavy atom. The summed E-state index contributed by atoms with van der Waals surface area (Å²) in [5.41, 5.74) is 6.06. The molecular weight excluding hydrogens is 212 g/mol. The van der Waals surface area contributed by atoms with Gasteiger partial charge in [-0.2, -0.15) is 0 Å². The molecular formula is C9H14N4OS. The van der Waals surface area contributed by atoms with Gasteiger partial charge in [-0.1, -0.05) is 4.49 Å². The van der Waals surface area contributed by atoms with Gasteiger partial charge in [0.2, 0.25) is 0 Å². The van der Waals surface area contributed by atoms with E-state index in [1.165, 1.54) is 11.5 Å². The Balaban J connectivity index is 2.09. The number of rotatable bonds is 2. The average molecular weight is 226 g/mol. The Hall–Kier alpha value is -1.01. The quantitative estimate of drug-likeness (QED) is 0.789. The third-order valence-electron chi connectivity index (χ3n) is 2.83. The second-order valence-electron chi connectivity index (χ2n) is 3.93. The van der Waals surface area contributed by atoms with Crippen LogP contribution < -0.4 is 5.73 Å². The monoisotopic (exact) mass is 226 g/mol. The molecule has 1 aliphatic rings. The van der Waals surface area contributed by atoms with E-state index < -0.39 is 0 Å². The molecule has 2 unspecified atom stereocenters. The van der Waals surface area contributed by atoms with Gasteiger partial charge < -0.3 is 10.6 Å². The van der Waals surface area contributed by atoms with E-state index in [-0.39, 0.29) is 11.9 Å². The highest BCUT2D eigenvalue weighted by molar-refractivity contribution is 7.03. The third-order valence-corrected chi connectivity index (χ3v) is 3.34. The third kappa shape index (κ3) is 2.00. The molecule has 1 saturated heterocycles. The number of nitrogens with zero attached hydrogens (tertiary/aromatic N) is 3. The van der Waals surface area contributed by atoms with Crippen LogP contribution in [-0.4, -0.2) is 39.5 Å². The fourth-order valence-electron chi connectivity index (χ4n) is 2.00. The van der Waals surface area contributed by atoms with Gasteiger partial charge in [0.05, 0.1) is 0 Å². The predicted octanol–water partition coefficient (Wildman–Crippen LogP) is 0.347. The van der Waals surface area contributed by atoms with Crippen LogP contribution in [0.4, 0.5) is 0 Å². The van der Waals surface area contributed by atoms with Gasteiger partial charge in [-0.25, -0.2) is 0 Å². The first-order valence-electron chi connectivity index (χ1n) is 5.00. The van der Waals surface area contributed by atoms with Crippen LogP contribution in [0.25, 0.3) is 0 Å². The molecule has 6 heteroatoms. The first-order chi connectivity index (χ1) is 7.22. The molecule has 5 nitrogen and oxygen atoms in total. The van der Waals surface area contributed by atoms with E-state index in [1.54, 1.807) is 5.38 Å². The normalized spacial score (nSPS) is 25.9. The Labute approximate surface area is 92.4 Å². The van der Waals surface area contributed by atoms with Crippen molar-refractivity contribution in [3.05, 3.63) is 11.1 Å². The van der Waals surface area contributed by atoms with Crippen molar-refractivity contribution >= 4 is 17.4 Å². The van der Waals surface area contributed by atoms with Gasteiger partial charge in [-0.05, 0) is 37.3 Å². The van der Waals surface area contributed by atoms with Crippen LogP contribution in [0.1, 0.15) is 23.8 Å². The van der Waals surface area contributed by atoms with E-state index in [0.29, 0.717) is 18.2 Å². The van der Waals surface area contributed by atoms with Crippen molar-refractivity contribution in [2.45, 2.75) is 19.4 Å². The lowest BCUT2D eigenvalue weighted by Crippen LogP contribution is -2.34. The number of likely N-dealkylation sites (tertiary alicyclic amines) is 1. The van der Waals surface area contributed by atoms with E-state index in [9.17, 15) is 4.79 Å². The number of aromatic nitrogens is 2. The fourth-order valence-corrected chi connectivity index (χ4v) is 2.43. The van der Waals surface area contributed by atoms with Crippen molar-refractivity contribution in [3.8, 4) is 0 Å². The highest BCUT2D eigenvalue weighted by Gasteiger charge is 2.32. The largest absolute Gasteiger partial charge is 0.334 e. The maximum Gasteiger partial charge on any atom is 0.275 e. The molecule has 1 amide bonds. The summed E-state index contributed by atoms with van der Waals surface area (Å²) < 4.78 is 3.70. The van der Waals surface area contributed by atoms with E-state index >= 15 is 0 Å². The van der Waals surface area contributed by atoms with Gasteiger partial charge >= 0.3 is 0 Å². The Morgan fingerprint density at radius 2 is 2.60 bits per heavy atom. The zero-order valence-electron chi connectivity index (χ0n) is 8.59. The van der Waals surface area contributed by atoms with Crippen LogP contribution in [-0.2, 0) is 0 Å². The highest BCUT2D eigenvalue weighted by atomic mass is 32.1. The van der Waals surface area contributed by atoms with Crippen molar-refractivity contribution in [1.82, 2.24) is 14.5 Å². The van der Waals surface area contributed by atoms with Crippen LogP contribution in [0, 0.1) is 5.92 Å². The van der Waals surface area contributed by atoms with E-state index in [1.807, 2.05) is 11.8 Å². The highest BCUT2D eigenvalue weighted by Crippen LogP contribution is 2.23. The minimum atomic E-state index is -0.0211. The summed E-state index contributed by atoms with van der Waals surface area (Å²) in [5, 5.41) is 5.48. The van der Waals surface area contributed by atoms with Gasteiger partial charge in [0, 0.05) is 18.0 Å². The fraction of sp³-hybridized carbons (Fsp3) is 0.667. The molecule has 1 aromatic rings. The van der Waals surface area contributed by atoms with Crippen molar-refractivity contribution in [2.75, 3.05) is 13.1 Å². The number of carbonyl (C=O) groups excluding carboxylic acids is 1. The Bertz CT molecular complexity index is 340. The number of carbonyl (C=O) groups is 1. The van der Waals surface area contributed by atoms with Crippen molar-refractivity contribution < 1.29 is 4.79 Å². The minimum absolute atomic E-state index is 0.0211. The van der Waals surface area contributed by atoms with Gasteiger partial charge in [0.1, 0.15) is 0 Å². The maximum atomic E-state index is 12.0. The molecule has 0 aliphatic carbocycles.